The second kappa shape index (κ2) is 3.94. The lowest BCUT2D eigenvalue weighted by molar-refractivity contribution is 0.0690. The maximum absolute atomic E-state index is 10.7. The van der Waals surface area contributed by atoms with Crippen molar-refractivity contribution in [2.24, 2.45) is 0 Å². The Morgan fingerprint density at radius 3 is 2.88 bits per heavy atom. The number of aromatic carboxylic acids is 1. The zero-order chi connectivity index (χ0) is 11.7. The van der Waals surface area contributed by atoms with Gasteiger partial charge in [-0.1, -0.05) is 11.6 Å². The summed E-state index contributed by atoms with van der Waals surface area (Å²) < 4.78 is 1.44. The summed E-state index contributed by atoms with van der Waals surface area (Å²) in [6.07, 6.45) is 4.67. The quantitative estimate of drug-likeness (QED) is 0.867. The molecule has 2 aromatic heterocycles. The van der Waals surface area contributed by atoms with Gasteiger partial charge in [-0.25, -0.2) is 9.48 Å². The molecule has 0 atom stereocenters. The van der Waals surface area contributed by atoms with Gasteiger partial charge in [-0.15, -0.1) is 0 Å². The standard InChI is InChI=1S/C10H8ClN3O2/c1-6-7(11)4-12-5-9(6)14-3-2-8(13-14)10(15)16/h2-5H,1H3,(H,15,16). The molecular weight excluding hydrogens is 230 g/mol. The number of rotatable bonds is 2. The predicted octanol–water partition coefficient (Wildman–Crippen LogP) is 1.93. The molecule has 2 heterocycles. The maximum atomic E-state index is 10.7. The molecule has 0 saturated heterocycles. The molecule has 1 N–H and O–H groups in total. The van der Waals surface area contributed by atoms with Gasteiger partial charge in [-0.2, -0.15) is 5.10 Å². The first-order valence-electron chi connectivity index (χ1n) is 4.49. The molecule has 2 rings (SSSR count). The van der Waals surface area contributed by atoms with Crippen LogP contribution in [0.25, 0.3) is 5.69 Å². The molecule has 0 aliphatic heterocycles. The molecule has 0 aliphatic carbocycles. The van der Waals surface area contributed by atoms with Crippen molar-refractivity contribution < 1.29 is 9.90 Å². The van der Waals surface area contributed by atoms with Gasteiger partial charge in [0.25, 0.3) is 0 Å². The fourth-order valence-corrected chi connectivity index (χ4v) is 1.45. The van der Waals surface area contributed by atoms with Crippen LogP contribution in [0.15, 0.2) is 24.7 Å². The van der Waals surface area contributed by atoms with Crippen molar-refractivity contribution >= 4 is 17.6 Å². The molecule has 0 aromatic carbocycles. The Hall–Kier alpha value is -1.88. The Bertz CT molecular complexity index is 551. The number of nitrogens with zero attached hydrogens (tertiary/aromatic N) is 3. The first kappa shape index (κ1) is 10.6. The van der Waals surface area contributed by atoms with Crippen LogP contribution in [-0.4, -0.2) is 25.8 Å². The van der Waals surface area contributed by atoms with Crippen LogP contribution in [0.3, 0.4) is 0 Å². The minimum Gasteiger partial charge on any atom is -0.476 e. The second-order valence-corrected chi connectivity index (χ2v) is 3.62. The summed E-state index contributed by atoms with van der Waals surface area (Å²) in [6, 6.07) is 1.42. The lowest BCUT2D eigenvalue weighted by atomic mass is 10.2. The summed E-state index contributed by atoms with van der Waals surface area (Å²) in [7, 11) is 0. The number of carbonyl (C=O) groups is 1. The number of pyridine rings is 1. The monoisotopic (exact) mass is 237 g/mol. The summed E-state index contributed by atoms with van der Waals surface area (Å²) in [5, 5.41) is 13.2. The lowest BCUT2D eigenvalue weighted by Crippen LogP contribution is -2.03. The molecule has 16 heavy (non-hydrogen) atoms. The van der Waals surface area contributed by atoms with Crippen LogP contribution in [0.1, 0.15) is 16.1 Å². The van der Waals surface area contributed by atoms with Crippen LogP contribution in [0.4, 0.5) is 0 Å². The number of carboxylic acids is 1. The Labute approximate surface area is 96.3 Å². The third kappa shape index (κ3) is 1.77. The average Bonchev–Trinajstić information content (AvgIpc) is 2.71. The van der Waals surface area contributed by atoms with E-state index in [1.807, 2.05) is 6.92 Å². The molecule has 0 amide bonds. The molecule has 0 spiro atoms. The van der Waals surface area contributed by atoms with Crippen LogP contribution >= 0.6 is 11.6 Å². The normalized spacial score (nSPS) is 10.4. The third-order valence-corrected chi connectivity index (χ3v) is 2.56. The summed E-state index contributed by atoms with van der Waals surface area (Å²) >= 11 is 5.91. The lowest BCUT2D eigenvalue weighted by Gasteiger charge is -2.05. The van der Waals surface area contributed by atoms with Crippen LogP contribution in [0.5, 0.6) is 0 Å². The summed E-state index contributed by atoms with van der Waals surface area (Å²) in [4.78, 5) is 14.6. The Balaban J connectivity index is 2.50. The van der Waals surface area contributed by atoms with Crippen LogP contribution in [-0.2, 0) is 0 Å². The number of hydrogen-bond acceptors (Lipinski definition) is 3. The van der Waals surface area contributed by atoms with Gasteiger partial charge in [0.2, 0.25) is 0 Å². The van der Waals surface area contributed by atoms with E-state index >= 15 is 0 Å². The molecule has 0 fully saturated rings. The van der Waals surface area contributed by atoms with E-state index in [-0.39, 0.29) is 5.69 Å². The average molecular weight is 238 g/mol. The zero-order valence-electron chi connectivity index (χ0n) is 8.38. The van der Waals surface area contributed by atoms with Crippen molar-refractivity contribution in [1.82, 2.24) is 14.8 Å². The van der Waals surface area contributed by atoms with Crippen LogP contribution < -0.4 is 0 Å². The summed E-state index contributed by atoms with van der Waals surface area (Å²) in [5.41, 5.74) is 1.45. The highest BCUT2D eigenvalue weighted by atomic mass is 35.5. The summed E-state index contributed by atoms with van der Waals surface area (Å²) in [6.45, 7) is 1.82. The van der Waals surface area contributed by atoms with E-state index in [1.54, 1.807) is 12.4 Å². The van der Waals surface area contributed by atoms with E-state index in [9.17, 15) is 4.79 Å². The van der Waals surface area contributed by atoms with Gasteiger partial charge in [0.15, 0.2) is 5.69 Å². The van der Waals surface area contributed by atoms with E-state index in [2.05, 4.69) is 10.1 Å². The SMILES string of the molecule is Cc1c(Cl)cncc1-n1ccc(C(=O)O)n1. The topological polar surface area (TPSA) is 68.0 Å². The number of halogens is 1. The van der Waals surface area contributed by atoms with Gasteiger partial charge < -0.3 is 5.11 Å². The zero-order valence-corrected chi connectivity index (χ0v) is 9.14. The van der Waals surface area contributed by atoms with Gasteiger partial charge in [-0.05, 0) is 18.6 Å². The molecule has 2 aromatic rings. The minimum atomic E-state index is -1.06. The molecule has 0 saturated carbocycles. The largest absolute Gasteiger partial charge is 0.476 e. The molecule has 0 unspecified atom stereocenters. The smallest absolute Gasteiger partial charge is 0.356 e. The second-order valence-electron chi connectivity index (χ2n) is 3.22. The predicted molar refractivity (Wildman–Crippen MR) is 58.1 cm³/mol. The molecule has 6 heteroatoms. The van der Waals surface area contributed by atoms with Crippen molar-refractivity contribution in [3.8, 4) is 5.69 Å². The van der Waals surface area contributed by atoms with Crippen molar-refractivity contribution in [3.05, 3.63) is 40.9 Å². The van der Waals surface area contributed by atoms with Crippen molar-refractivity contribution in [2.75, 3.05) is 0 Å². The first-order valence-corrected chi connectivity index (χ1v) is 4.87. The van der Waals surface area contributed by atoms with E-state index in [0.717, 1.165) is 5.56 Å². The van der Waals surface area contributed by atoms with Gasteiger partial charge in [0.1, 0.15) is 0 Å². The fraction of sp³-hybridized carbons (Fsp3) is 0.100. The summed E-state index contributed by atoms with van der Waals surface area (Å²) in [5.74, 6) is -1.06. The Kier molecular flexibility index (Phi) is 2.62. The molecule has 82 valence electrons. The molecule has 0 aliphatic rings. The Morgan fingerprint density at radius 1 is 1.50 bits per heavy atom. The Morgan fingerprint density at radius 2 is 2.25 bits per heavy atom. The van der Waals surface area contributed by atoms with E-state index in [4.69, 9.17) is 16.7 Å². The number of hydrogen-bond donors (Lipinski definition) is 1. The highest BCUT2D eigenvalue weighted by molar-refractivity contribution is 6.31. The van der Waals surface area contributed by atoms with E-state index < -0.39 is 5.97 Å². The highest BCUT2D eigenvalue weighted by Crippen LogP contribution is 2.20. The highest BCUT2D eigenvalue weighted by Gasteiger charge is 2.10. The third-order valence-electron chi connectivity index (χ3n) is 2.18. The molecule has 5 nitrogen and oxygen atoms in total. The van der Waals surface area contributed by atoms with Gasteiger partial charge >= 0.3 is 5.97 Å². The molecular formula is C10H8ClN3O2. The van der Waals surface area contributed by atoms with Crippen molar-refractivity contribution in [3.63, 3.8) is 0 Å². The van der Waals surface area contributed by atoms with Gasteiger partial charge in [0, 0.05) is 12.4 Å². The van der Waals surface area contributed by atoms with E-state index in [0.29, 0.717) is 10.7 Å². The van der Waals surface area contributed by atoms with Crippen LogP contribution in [0.2, 0.25) is 5.02 Å². The van der Waals surface area contributed by atoms with Gasteiger partial charge in [0.05, 0.1) is 16.9 Å². The number of aromatic nitrogens is 3. The molecule has 0 bridgehead atoms. The van der Waals surface area contributed by atoms with Crippen molar-refractivity contribution in [2.45, 2.75) is 6.92 Å². The number of carboxylic acid groups (broad SMARTS) is 1. The van der Waals surface area contributed by atoms with E-state index in [1.165, 1.54) is 16.9 Å². The van der Waals surface area contributed by atoms with Crippen LogP contribution in [0, 0.1) is 6.92 Å². The fourth-order valence-electron chi connectivity index (χ4n) is 1.29. The van der Waals surface area contributed by atoms with Gasteiger partial charge in [-0.3, -0.25) is 4.98 Å². The minimum absolute atomic E-state index is 0.0145. The first-order chi connectivity index (χ1) is 7.59. The maximum Gasteiger partial charge on any atom is 0.356 e. The van der Waals surface area contributed by atoms with Crippen molar-refractivity contribution in [1.29, 1.82) is 0 Å². The molecule has 0 radical (unpaired) electrons.